The third-order valence-corrected chi connectivity index (χ3v) is 4.49. The summed E-state index contributed by atoms with van der Waals surface area (Å²) in [6.07, 6.45) is 2.26. The number of aromatic nitrogens is 4. The Hall–Kier alpha value is -2.28. The van der Waals surface area contributed by atoms with Crippen molar-refractivity contribution in [2.75, 3.05) is 29.5 Å². The van der Waals surface area contributed by atoms with Crippen LogP contribution >= 0.6 is 0 Å². The highest BCUT2D eigenvalue weighted by Crippen LogP contribution is 2.25. The monoisotopic (exact) mass is 342 g/mol. The van der Waals surface area contributed by atoms with Gasteiger partial charge in [0.25, 0.3) is 0 Å². The van der Waals surface area contributed by atoms with Gasteiger partial charge in [-0.15, -0.1) is 0 Å². The Morgan fingerprint density at radius 1 is 1.08 bits per heavy atom. The summed E-state index contributed by atoms with van der Waals surface area (Å²) in [4.78, 5) is 22.5. The van der Waals surface area contributed by atoms with Crippen LogP contribution in [0.15, 0.2) is 18.3 Å². The molecule has 0 radical (unpaired) electrons. The first-order chi connectivity index (χ1) is 12.0. The van der Waals surface area contributed by atoms with Gasteiger partial charge in [-0.3, -0.25) is 0 Å². The van der Waals surface area contributed by atoms with Crippen molar-refractivity contribution >= 4 is 11.6 Å². The molecule has 0 amide bonds. The molecule has 0 aliphatic carbocycles. The van der Waals surface area contributed by atoms with Gasteiger partial charge in [-0.1, -0.05) is 0 Å². The smallest absolute Gasteiger partial charge is 0.132 e. The first-order valence-corrected chi connectivity index (χ1v) is 8.76. The van der Waals surface area contributed by atoms with E-state index in [9.17, 15) is 0 Å². The Balaban J connectivity index is 1.81. The zero-order valence-electron chi connectivity index (χ0n) is 15.3. The molecule has 2 atom stereocenters. The highest BCUT2D eigenvalue weighted by atomic mass is 16.3. The number of aryl methyl sites for hydroxylation is 2. The van der Waals surface area contributed by atoms with Crippen LogP contribution in [0, 0.1) is 13.8 Å². The van der Waals surface area contributed by atoms with E-state index >= 15 is 0 Å². The first kappa shape index (κ1) is 17.5. The van der Waals surface area contributed by atoms with Gasteiger partial charge in [0.1, 0.15) is 23.3 Å². The lowest BCUT2D eigenvalue weighted by molar-refractivity contribution is 0.296. The molecule has 0 spiro atoms. The summed E-state index contributed by atoms with van der Waals surface area (Å²) >= 11 is 0. The fraction of sp³-hybridized carbons (Fsp3) is 0.556. The minimum absolute atomic E-state index is 0.0642. The molecule has 1 aliphatic heterocycles. The van der Waals surface area contributed by atoms with Gasteiger partial charge in [-0.2, -0.15) is 0 Å². The van der Waals surface area contributed by atoms with E-state index in [4.69, 9.17) is 5.11 Å². The number of aliphatic hydroxyl groups excluding tert-OH is 1. The maximum atomic E-state index is 9.12. The molecule has 0 saturated carbocycles. The Morgan fingerprint density at radius 2 is 1.80 bits per heavy atom. The third-order valence-electron chi connectivity index (χ3n) is 4.49. The van der Waals surface area contributed by atoms with Gasteiger partial charge in [0, 0.05) is 49.6 Å². The van der Waals surface area contributed by atoms with Gasteiger partial charge in [0.05, 0.1) is 6.61 Å². The molecule has 2 aromatic heterocycles. The maximum absolute atomic E-state index is 9.12. The molecule has 1 N–H and O–H groups in total. The number of anilines is 2. The van der Waals surface area contributed by atoms with Crippen LogP contribution in [0.2, 0.25) is 0 Å². The summed E-state index contributed by atoms with van der Waals surface area (Å²) in [5.74, 6) is 3.41. The van der Waals surface area contributed by atoms with Crippen LogP contribution in [-0.2, 0) is 6.42 Å². The molecule has 25 heavy (non-hydrogen) atoms. The number of aliphatic hydroxyl groups is 1. The van der Waals surface area contributed by atoms with E-state index in [0.717, 1.165) is 36.2 Å². The third kappa shape index (κ3) is 3.87. The molecular weight excluding hydrogens is 316 g/mol. The molecule has 0 aromatic carbocycles. The molecular formula is C18H26N6O. The summed E-state index contributed by atoms with van der Waals surface area (Å²) in [5.41, 5.74) is 0.995. The Bertz CT molecular complexity index is 705. The van der Waals surface area contributed by atoms with Crippen molar-refractivity contribution in [3.05, 3.63) is 35.7 Å². The van der Waals surface area contributed by atoms with Gasteiger partial charge < -0.3 is 14.9 Å². The van der Waals surface area contributed by atoms with Crippen molar-refractivity contribution in [1.29, 1.82) is 0 Å². The highest BCUT2D eigenvalue weighted by Gasteiger charge is 2.31. The first-order valence-electron chi connectivity index (χ1n) is 8.76. The van der Waals surface area contributed by atoms with Crippen molar-refractivity contribution < 1.29 is 5.11 Å². The van der Waals surface area contributed by atoms with Gasteiger partial charge in [0.15, 0.2) is 0 Å². The molecule has 0 bridgehead atoms. The van der Waals surface area contributed by atoms with Crippen LogP contribution in [0.5, 0.6) is 0 Å². The molecule has 134 valence electrons. The van der Waals surface area contributed by atoms with Crippen molar-refractivity contribution in [2.45, 2.75) is 46.2 Å². The van der Waals surface area contributed by atoms with Gasteiger partial charge in [-0.05, 0) is 33.8 Å². The summed E-state index contributed by atoms with van der Waals surface area (Å²) in [6, 6.07) is 4.57. The molecule has 1 fully saturated rings. The van der Waals surface area contributed by atoms with Crippen LogP contribution in [0.3, 0.4) is 0 Å². The lowest BCUT2D eigenvalue weighted by Gasteiger charge is -2.45. The number of hydrogen-bond donors (Lipinski definition) is 1. The Labute approximate surface area is 148 Å². The van der Waals surface area contributed by atoms with Crippen molar-refractivity contribution in [3.8, 4) is 0 Å². The van der Waals surface area contributed by atoms with Crippen molar-refractivity contribution in [3.63, 3.8) is 0 Å². The van der Waals surface area contributed by atoms with Crippen LogP contribution < -0.4 is 9.80 Å². The largest absolute Gasteiger partial charge is 0.396 e. The quantitative estimate of drug-likeness (QED) is 0.902. The van der Waals surface area contributed by atoms with Crippen molar-refractivity contribution in [1.82, 2.24) is 19.9 Å². The maximum Gasteiger partial charge on any atom is 0.132 e. The molecule has 2 aromatic rings. The Kier molecular flexibility index (Phi) is 5.13. The summed E-state index contributed by atoms with van der Waals surface area (Å²) < 4.78 is 0. The van der Waals surface area contributed by atoms with Gasteiger partial charge in [0.2, 0.25) is 0 Å². The average Bonchev–Trinajstić information content (AvgIpc) is 2.54. The molecule has 3 rings (SSSR count). The highest BCUT2D eigenvalue weighted by molar-refractivity contribution is 5.47. The van der Waals surface area contributed by atoms with E-state index in [2.05, 4.69) is 43.6 Å². The summed E-state index contributed by atoms with van der Waals surface area (Å²) in [7, 11) is 0. The van der Waals surface area contributed by atoms with E-state index in [0.29, 0.717) is 12.2 Å². The van der Waals surface area contributed by atoms with E-state index in [1.54, 1.807) is 6.20 Å². The second-order valence-electron chi connectivity index (χ2n) is 6.73. The number of nitrogens with zero attached hydrogens (tertiary/aromatic N) is 6. The predicted molar refractivity (Wildman–Crippen MR) is 97.9 cm³/mol. The lowest BCUT2D eigenvalue weighted by atomic mass is 10.1. The van der Waals surface area contributed by atoms with E-state index in [1.165, 1.54) is 0 Å². The van der Waals surface area contributed by atoms with Gasteiger partial charge in [-0.25, -0.2) is 19.9 Å². The zero-order chi connectivity index (χ0) is 18.0. The molecule has 1 aliphatic rings. The number of hydrogen-bond acceptors (Lipinski definition) is 7. The molecule has 3 heterocycles. The number of rotatable bonds is 4. The zero-order valence-corrected chi connectivity index (χ0v) is 15.3. The lowest BCUT2D eigenvalue weighted by Crippen LogP contribution is -2.57. The SMILES string of the molecule is Cc1cc(N2C[C@@H](C)N(c3ccnc(CCO)n3)[C@@H](C)C2)nc(C)n1. The van der Waals surface area contributed by atoms with E-state index < -0.39 is 0 Å². The molecule has 0 unspecified atom stereocenters. The number of piperazine rings is 1. The van der Waals surface area contributed by atoms with Crippen molar-refractivity contribution in [2.24, 2.45) is 0 Å². The minimum atomic E-state index is 0.0642. The van der Waals surface area contributed by atoms with Crippen LogP contribution in [0.1, 0.15) is 31.2 Å². The molecule has 7 nitrogen and oxygen atoms in total. The average molecular weight is 342 g/mol. The van der Waals surface area contributed by atoms with Crippen LogP contribution in [0.25, 0.3) is 0 Å². The molecule has 7 heteroatoms. The molecule has 1 saturated heterocycles. The van der Waals surface area contributed by atoms with Crippen LogP contribution in [-0.4, -0.2) is 56.8 Å². The second-order valence-corrected chi connectivity index (χ2v) is 6.73. The topological polar surface area (TPSA) is 78.3 Å². The fourth-order valence-electron chi connectivity index (χ4n) is 3.57. The predicted octanol–water partition coefficient (Wildman–Crippen LogP) is 1.52. The Morgan fingerprint density at radius 3 is 2.44 bits per heavy atom. The minimum Gasteiger partial charge on any atom is -0.396 e. The van der Waals surface area contributed by atoms with E-state index in [-0.39, 0.29) is 18.7 Å². The second kappa shape index (κ2) is 7.31. The normalized spacial score (nSPS) is 20.8. The fourth-order valence-corrected chi connectivity index (χ4v) is 3.57. The van der Waals surface area contributed by atoms with Gasteiger partial charge >= 0.3 is 0 Å². The standard InChI is InChI=1S/C18H26N6O/c1-12-9-18(21-15(4)20-12)23-10-13(2)24(14(3)11-23)17-5-7-19-16(22-17)6-8-25/h5,7,9,13-14,25H,6,8,10-11H2,1-4H3/t13-,14+. The summed E-state index contributed by atoms with van der Waals surface area (Å²) in [6.45, 7) is 10.2. The van der Waals surface area contributed by atoms with Crippen LogP contribution in [0.4, 0.5) is 11.6 Å². The summed E-state index contributed by atoms with van der Waals surface area (Å²) in [5, 5.41) is 9.12. The van der Waals surface area contributed by atoms with E-state index in [1.807, 2.05) is 26.0 Å².